The van der Waals surface area contributed by atoms with Crippen LogP contribution in [0.3, 0.4) is 0 Å². The van der Waals surface area contributed by atoms with Crippen molar-refractivity contribution >= 4 is 0 Å². The number of hydrazine groups is 1. The molecule has 8 heteroatoms. The van der Waals surface area contributed by atoms with Gasteiger partial charge in [-0.1, -0.05) is 6.92 Å². The van der Waals surface area contributed by atoms with Crippen molar-refractivity contribution in [1.82, 2.24) is 20.2 Å². The normalized spacial score (nSPS) is 13.1. The fourth-order valence-corrected chi connectivity index (χ4v) is 1.71. The van der Waals surface area contributed by atoms with Crippen LogP contribution < -0.4 is 11.3 Å². The van der Waals surface area contributed by atoms with E-state index < -0.39 is 13.0 Å². The van der Waals surface area contributed by atoms with E-state index in [0.29, 0.717) is 12.8 Å². The van der Waals surface area contributed by atoms with Crippen molar-refractivity contribution in [2.75, 3.05) is 13.2 Å². The molecule has 0 saturated carbocycles. The van der Waals surface area contributed by atoms with Crippen molar-refractivity contribution < 1.29 is 13.5 Å². The number of aryl methyl sites for hydroxylation is 1. The second-order valence-corrected chi connectivity index (χ2v) is 4.22. The van der Waals surface area contributed by atoms with E-state index in [1.807, 2.05) is 4.68 Å². The van der Waals surface area contributed by atoms with Crippen molar-refractivity contribution in [3.05, 3.63) is 12.2 Å². The van der Waals surface area contributed by atoms with Gasteiger partial charge in [0, 0.05) is 25.6 Å². The molecule has 0 saturated heterocycles. The van der Waals surface area contributed by atoms with Crippen LogP contribution in [-0.2, 0) is 17.7 Å². The third-order valence-electron chi connectivity index (χ3n) is 2.65. The molecule has 1 atom stereocenters. The lowest BCUT2D eigenvalue weighted by molar-refractivity contribution is 0.0143. The summed E-state index contributed by atoms with van der Waals surface area (Å²) in [6, 6.07) is -0.0718. The molecule has 3 N–H and O–H groups in total. The Kier molecular flexibility index (Phi) is 7.46. The molecule has 0 aliphatic heterocycles. The molecule has 1 unspecified atom stereocenters. The van der Waals surface area contributed by atoms with Crippen molar-refractivity contribution in [3.63, 3.8) is 0 Å². The van der Waals surface area contributed by atoms with Crippen LogP contribution in [0.4, 0.5) is 8.78 Å². The number of aromatic nitrogens is 3. The van der Waals surface area contributed by atoms with Crippen LogP contribution in [0.2, 0.25) is 0 Å². The highest BCUT2D eigenvalue weighted by atomic mass is 19.3. The maximum absolute atomic E-state index is 11.9. The minimum atomic E-state index is -2.43. The molecule has 1 aromatic heterocycles. The Hall–Kier alpha value is -1.12. The number of hydrogen-bond donors (Lipinski definition) is 2. The third-order valence-corrected chi connectivity index (χ3v) is 2.65. The highest BCUT2D eigenvalue weighted by Gasteiger charge is 2.13. The van der Waals surface area contributed by atoms with Gasteiger partial charge in [-0.05, 0) is 12.8 Å². The summed E-state index contributed by atoms with van der Waals surface area (Å²) in [5.41, 5.74) is 2.65. The maximum atomic E-state index is 11.9. The number of alkyl halides is 2. The summed E-state index contributed by atoms with van der Waals surface area (Å²) in [7, 11) is 0. The Labute approximate surface area is 111 Å². The van der Waals surface area contributed by atoms with E-state index in [-0.39, 0.29) is 12.6 Å². The highest BCUT2D eigenvalue weighted by molar-refractivity contribution is 4.89. The summed E-state index contributed by atoms with van der Waals surface area (Å²) >= 11 is 0. The molecule has 0 bridgehead atoms. The Bertz CT molecular complexity index is 348. The Morgan fingerprint density at radius 1 is 1.53 bits per heavy atom. The van der Waals surface area contributed by atoms with Gasteiger partial charge in [-0.2, -0.15) is 5.10 Å². The van der Waals surface area contributed by atoms with Gasteiger partial charge in [-0.3, -0.25) is 16.0 Å². The minimum Gasteiger partial charge on any atom is -0.375 e. The molecule has 0 fully saturated rings. The Morgan fingerprint density at radius 2 is 2.32 bits per heavy atom. The molecule has 110 valence electrons. The lowest BCUT2D eigenvalue weighted by Gasteiger charge is -2.15. The first kappa shape index (κ1) is 15.9. The predicted octanol–water partition coefficient (Wildman–Crippen LogP) is 0.734. The van der Waals surface area contributed by atoms with Gasteiger partial charge < -0.3 is 4.74 Å². The number of hydrogen-bond acceptors (Lipinski definition) is 5. The van der Waals surface area contributed by atoms with Gasteiger partial charge in [-0.15, -0.1) is 0 Å². The van der Waals surface area contributed by atoms with Gasteiger partial charge in [0.2, 0.25) is 0 Å². The summed E-state index contributed by atoms with van der Waals surface area (Å²) < 4.78 is 30.5. The van der Waals surface area contributed by atoms with E-state index in [9.17, 15) is 8.78 Å². The summed E-state index contributed by atoms with van der Waals surface area (Å²) in [5.74, 6) is 6.28. The summed E-state index contributed by atoms with van der Waals surface area (Å²) in [4.78, 5) is 4.17. The lowest BCUT2D eigenvalue weighted by Crippen LogP contribution is -2.38. The fraction of sp³-hybridized carbons (Fsp3) is 0.818. The van der Waals surface area contributed by atoms with Gasteiger partial charge >= 0.3 is 0 Å². The SMILES string of the molecule is CCCn1ncnc1CC(CCOCC(F)F)NN. The maximum Gasteiger partial charge on any atom is 0.261 e. The Morgan fingerprint density at radius 3 is 2.95 bits per heavy atom. The van der Waals surface area contributed by atoms with Gasteiger partial charge in [0.1, 0.15) is 18.8 Å². The number of nitrogens with one attached hydrogen (secondary N) is 1. The predicted molar refractivity (Wildman–Crippen MR) is 66.6 cm³/mol. The monoisotopic (exact) mass is 277 g/mol. The molecule has 0 aromatic carbocycles. The average molecular weight is 277 g/mol. The molecule has 1 rings (SSSR count). The van der Waals surface area contributed by atoms with Crippen LogP contribution in [-0.4, -0.2) is 40.4 Å². The molecule has 6 nitrogen and oxygen atoms in total. The zero-order valence-electron chi connectivity index (χ0n) is 11.1. The van der Waals surface area contributed by atoms with Crippen molar-refractivity contribution in [1.29, 1.82) is 0 Å². The van der Waals surface area contributed by atoms with Crippen molar-refractivity contribution in [2.24, 2.45) is 5.84 Å². The molecule has 1 aromatic rings. The van der Waals surface area contributed by atoms with E-state index in [1.165, 1.54) is 6.33 Å². The zero-order valence-corrected chi connectivity index (χ0v) is 11.1. The second kappa shape index (κ2) is 8.89. The molecular formula is C11H21F2N5O. The van der Waals surface area contributed by atoms with E-state index in [0.717, 1.165) is 18.8 Å². The largest absolute Gasteiger partial charge is 0.375 e. The van der Waals surface area contributed by atoms with E-state index in [4.69, 9.17) is 10.6 Å². The average Bonchev–Trinajstić information content (AvgIpc) is 2.80. The van der Waals surface area contributed by atoms with Crippen LogP contribution in [0, 0.1) is 0 Å². The van der Waals surface area contributed by atoms with Gasteiger partial charge in [0.15, 0.2) is 0 Å². The summed E-state index contributed by atoms with van der Waals surface area (Å²) in [6.07, 6.45) is 1.17. The van der Waals surface area contributed by atoms with Crippen LogP contribution in [0.25, 0.3) is 0 Å². The highest BCUT2D eigenvalue weighted by Crippen LogP contribution is 2.04. The molecule has 0 radical (unpaired) electrons. The third kappa shape index (κ3) is 6.04. The Balaban J connectivity index is 2.36. The van der Waals surface area contributed by atoms with Crippen molar-refractivity contribution in [2.45, 2.75) is 45.2 Å². The number of halogens is 2. The number of ether oxygens (including phenoxy) is 1. The summed E-state index contributed by atoms with van der Waals surface area (Å²) in [6.45, 7) is 2.56. The van der Waals surface area contributed by atoms with E-state index in [2.05, 4.69) is 22.4 Å². The van der Waals surface area contributed by atoms with Crippen LogP contribution >= 0.6 is 0 Å². The first-order chi connectivity index (χ1) is 9.17. The van der Waals surface area contributed by atoms with E-state index >= 15 is 0 Å². The van der Waals surface area contributed by atoms with Crippen molar-refractivity contribution in [3.8, 4) is 0 Å². The van der Waals surface area contributed by atoms with E-state index in [1.54, 1.807) is 0 Å². The van der Waals surface area contributed by atoms with Gasteiger partial charge in [0.05, 0.1) is 0 Å². The lowest BCUT2D eigenvalue weighted by atomic mass is 10.1. The first-order valence-electron chi connectivity index (χ1n) is 6.36. The smallest absolute Gasteiger partial charge is 0.261 e. The molecule has 0 spiro atoms. The number of rotatable bonds is 10. The molecule has 1 heterocycles. The molecule has 0 aliphatic rings. The quantitative estimate of drug-likeness (QED) is 0.374. The van der Waals surface area contributed by atoms with Crippen LogP contribution in [0.15, 0.2) is 6.33 Å². The van der Waals surface area contributed by atoms with Crippen LogP contribution in [0.1, 0.15) is 25.6 Å². The number of nitrogens with zero attached hydrogens (tertiary/aromatic N) is 3. The van der Waals surface area contributed by atoms with Crippen LogP contribution in [0.5, 0.6) is 0 Å². The minimum absolute atomic E-state index is 0.0718. The fourth-order valence-electron chi connectivity index (χ4n) is 1.71. The zero-order chi connectivity index (χ0) is 14.1. The molecule has 0 amide bonds. The topological polar surface area (TPSA) is 78.0 Å². The summed E-state index contributed by atoms with van der Waals surface area (Å²) in [5, 5.41) is 4.12. The molecule has 0 aliphatic carbocycles. The first-order valence-corrected chi connectivity index (χ1v) is 6.36. The molecule has 19 heavy (non-hydrogen) atoms. The van der Waals surface area contributed by atoms with Gasteiger partial charge in [-0.25, -0.2) is 13.8 Å². The number of nitrogens with two attached hydrogens (primary N) is 1. The standard InChI is InChI=1S/C11H21F2N5O/c1-2-4-18-11(15-8-16-18)6-9(17-14)3-5-19-7-10(12)13/h8-10,17H,2-7,14H2,1H3. The van der Waals surface area contributed by atoms with Gasteiger partial charge in [0.25, 0.3) is 6.43 Å². The molecular weight excluding hydrogens is 256 g/mol. The second-order valence-electron chi connectivity index (χ2n) is 4.22.